The zero-order valence-electron chi connectivity index (χ0n) is 9.83. The number of anilines is 1. The Bertz CT molecular complexity index is 490. The van der Waals surface area contributed by atoms with Crippen LogP contribution in [-0.4, -0.2) is 24.5 Å². The number of hydrogen-bond donors (Lipinski definition) is 1. The number of halogens is 2. The number of carbonyl (C=O) groups is 1. The maximum atomic E-state index is 13.8. The molecule has 0 radical (unpaired) electrons. The average Bonchev–Trinajstić information content (AvgIpc) is 3.07. The van der Waals surface area contributed by atoms with E-state index in [1.807, 2.05) is 0 Å². The van der Waals surface area contributed by atoms with E-state index in [0.717, 1.165) is 19.3 Å². The number of nitrogens with zero attached hydrogens (tertiary/aromatic N) is 1. The van der Waals surface area contributed by atoms with Crippen LogP contribution < -0.4 is 10.2 Å². The normalized spacial score (nSPS) is 23.8. The third-order valence-corrected chi connectivity index (χ3v) is 3.66. The van der Waals surface area contributed by atoms with E-state index in [1.165, 1.54) is 11.0 Å². The zero-order chi connectivity index (χ0) is 12.7. The second-order valence-corrected chi connectivity index (χ2v) is 5.30. The lowest BCUT2D eigenvalue weighted by molar-refractivity contribution is -0.118. The van der Waals surface area contributed by atoms with Crippen molar-refractivity contribution in [3.05, 3.63) is 29.0 Å². The highest BCUT2D eigenvalue weighted by molar-refractivity contribution is 6.30. The molecular weight excluding hydrogens is 255 g/mol. The molecule has 1 saturated heterocycles. The molecule has 0 spiro atoms. The van der Waals surface area contributed by atoms with Crippen molar-refractivity contribution >= 4 is 23.2 Å². The van der Waals surface area contributed by atoms with Gasteiger partial charge in [-0.25, -0.2) is 4.39 Å². The van der Waals surface area contributed by atoms with Gasteiger partial charge >= 0.3 is 0 Å². The van der Waals surface area contributed by atoms with Crippen molar-refractivity contribution < 1.29 is 9.18 Å². The predicted octanol–water partition coefficient (Wildman–Crippen LogP) is 2.34. The zero-order valence-corrected chi connectivity index (χ0v) is 10.6. The van der Waals surface area contributed by atoms with E-state index >= 15 is 0 Å². The van der Waals surface area contributed by atoms with Gasteiger partial charge in [0, 0.05) is 17.6 Å². The lowest BCUT2D eigenvalue weighted by Crippen LogP contribution is -2.39. The summed E-state index contributed by atoms with van der Waals surface area (Å²) in [4.78, 5) is 13.7. The van der Waals surface area contributed by atoms with E-state index < -0.39 is 5.82 Å². The molecule has 1 aliphatic carbocycles. The Balaban J connectivity index is 1.78. The van der Waals surface area contributed by atoms with Gasteiger partial charge in [-0.15, -0.1) is 0 Å². The van der Waals surface area contributed by atoms with Gasteiger partial charge in [-0.2, -0.15) is 0 Å². The van der Waals surface area contributed by atoms with Crippen molar-refractivity contribution in [2.75, 3.05) is 11.4 Å². The Hall–Kier alpha value is -1.13. The highest BCUT2D eigenvalue weighted by atomic mass is 35.5. The Morgan fingerprint density at radius 1 is 1.33 bits per heavy atom. The molecule has 18 heavy (non-hydrogen) atoms. The van der Waals surface area contributed by atoms with Crippen LogP contribution in [0, 0.1) is 5.82 Å². The van der Waals surface area contributed by atoms with E-state index in [1.54, 1.807) is 12.1 Å². The van der Waals surface area contributed by atoms with Gasteiger partial charge < -0.3 is 10.2 Å². The molecule has 96 valence electrons. The first-order valence-corrected chi connectivity index (χ1v) is 6.55. The Morgan fingerprint density at radius 2 is 2.11 bits per heavy atom. The van der Waals surface area contributed by atoms with Crippen molar-refractivity contribution in [1.29, 1.82) is 0 Å². The fourth-order valence-electron chi connectivity index (χ4n) is 2.31. The molecule has 1 aromatic carbocycles. The third-order valence-electron chi connectivity index (χ3n) is 3.42. The number of amides is 1. The van der Waals surface area contributed by atoms with Gasteiger partial charge in [-0.05, 0) is 37.5 Å². The summed E-state index contributed by atoms with van der Waals surface area (Å²) in [6.45, 7) is 0.557. The Kier molecular flexibility index (Phi) is 2.99. The molecule has 1 aromatic rings. The molecule has 2 fully saturated rings. The lowest BCUT2D eigenvalue weighted by atomic mass is 10.2. The first kappa shape index (κ1) is 11.9. The van der Waals surface area contributed by atoms with Crippen LogP contribution in [0.15, 0.2) is 18.2 Å². The van der Waals surface area contributed by atoms with E-state index in [9.17, 15) is 9.18 Å². The number of benzene rings is 1. The van der Waals surface area contributed by atoms with Gasteiger partial charge in [-0.3, -0.25) is 4.79 Å². The molecule has 1 atom stereocenters. The lowest BCUT2D eigenvalue weighted by Gasteiger charge is -2.18. The first-order valence-electron chi connectivity index (χ1n) is 6.17. The summed E-state index contributed by atoms with van der Waals surface area (Å²) in [5.74, 6) is -0.481. The highest BCUT2D eigenvalue weighted by Gasteiger charge is 2.36. The molecular formula is C13H14ClFN2O. The fourth-order valence-corrected chi connectivity index (χ4v) is 2.47. The quantitative estimate of drug-likeness (QED) is 0.913. The molecule has 1 saturated carbocycles. The summed E-state index contributed by atoms with van der Waals surface area (Å²) in [7, 11) is 0. The van der Waals surface area contributed by atoms with Gasteiger partial charge in [0.2, 0.25) is 5.91 Å². The molecule has 3 rings (SSSR count). The van der Waals surface area contributed by atoms with Crippen molar-refractivity contribution in [3.8, 4) is 0 Å². The van der Waals surface area contributed by atoms with E-state index in [-0.39, 0.29) is 11.9 Å². The van der Waals surface area contributed by atoms with Gasteiger partial charge in [0.15, 0.2) is 0 Å². The summed E-state index contributed by atoms with van der Waals surface area (Å²) in [6, 6.07) is 4.73. The largest absolute Gasteiger partial charge is 0.308 e. The maximum absolute atomic E-state index is 13.8. The van der Waals surface area contributed by atoms with Crippen LogP contribution in [0.4, 0.5) is 10.1 Å². The molecule has 1 heterocycles. The second-order valence-electron chi connectivity index (χ2n) is 4.87. The monoisotopic (exact) mass is 268 g/mol. The number of carbonyl (C=O) groups excluding carboxylic acids is 1. The van der Waals surface area contributed by atoms with E-state index in [4.69, 9.17) is 11.6 Å². The maximum Gasteiger partial charge on any atom is 0.244 e. The standard InChI is InChI=1S/C13H14ClFN2O/c14-8-1-4-12(10(15)7-8)17-6-5-11(13(17)18)16-9-2-3-9/h1,4,7,9,11,16H,2-3,5-6H2. The van der Waals surface area contributed by atoms with E-state index in [2.05, 4.69) is 5.32 Å². The van der Waals surface area contributed by atoms with Crippen LogP contribution >= 0.6 is 11.6 Å². The minimum Gasteiger partial charge on any atom is -0.308 e. The van der Waals surface area contributed by atoms with Gasteiger partial charge in [0.1, 0.15) is 5.82 Å². The Morgan fingerprint density at radius 3 is 2.78 bits per heavy atom. The molecule has 1 unspecified atom stereocenters. The van der Waals surface area contributed by atoms with Gasteiger partial charge in [-0.1, -0.05) is 11.6 Å². The van der Waals surface area contributed by atoms with Crippen LogP contribution in [-0.2, 0) is 4.79 Å². The van der Waals surface area contributed by atoms with Crippen molar-refractivity contribution in [1.82, 2.24) is 5.32 Å². The van der Waals surface area contributed by atoms with Gasteiger partial charge in [0.25, 0.3) is 0 Å². The van der Waals surface area contributed by atoms with Crippen LogP contribution in [0.5, 0.6) is 0 Å². The highest BCUT2D eigenvalue weighted by Crippen LogP contribution is 2.28. The second kappa shape index (κ2) is 4.52. The van der Waals surface area contributed by atoms with Crippen LogP contribution in [0.1, 0.15) is 19.3 Å². The summed E-state index contributed by atoms with van der Waals surface area (Å²) in [5.41, 5.74) is 0.324. The molecule has 2 aliphatic rings. The topological polar surface area (TPSA) is 32.3 Å². The first-order chi connectivity index (χ1) is 8.65. The molecule has 1 amide bonds. The summed E-state index contributed by atoms with van der Waals surface area (Å²) in [5, 5.41) is 3.64. The smallest absolute Gasteiger partial charge is 0.244 e. The summed E-state index contributed by atoms with van der Waals surface area (Å²) < 4.78 is 13.8. The minimum atomic E-state index is -0.442. The van der Waals surface area contributed by atoms with E-state index in [0.29, 0.717) is 23.3 Å². The predicted molar refractivity (Wildman–Crippen MR) is 68.3 cm³/mol. The molecule has 3 nitrogen and oxygen atoms in total. The fraction of sp³-hybridized carbons (Fsp3) is 0.462. The van der Waals surface area contributed by atoms with Crippen molar-refractivity contribution in [2.24, 2.45) is 0 Å². The van der Waals surface area contributed by atoms with Gasteiger partial charge in [0.05, 0.1) is 11.7 Å². The van der Waals surface area contributed by atoms with Crippen LogP contribution in [0.2, 0.25) is 5.02 Å². The number of nitrogens with one attached hydrogen (secondary N) is 1. The molecule has 0 aromatic heterocycles. The van der Waals surface area contributed by atoms with Crippen molar-refractivity contribution in [3.63, 3.8) is 0 Å². The number of rotatable bonds is 3. The third kappa shape index (κ3) is 2.22. The Labute approximate surface area is 110 Å². The average molecular weight is 269 g/mol. The number of hydrogen-bond acceptors (Lipinski definition) is 2. The molecule has 1 aliphatic heterocycles. The molecule has 5 heteroatoms. The SMILES string of the molecule is O=C1C(NC2CC2)CCN1c1ccc(Cl)cc1F. The summed E-state index contributed by atoms with van der Waals surface area (Å²) >= 11 is 5.71. The van der Waals surface area contributed by atoms with Crippen molar-refractivity contribution in [2.45, 2.75) is 31.3 Å². The summed E-state index contributed by atoms with van der Waals surface area (Å²) in [6.07, 6.45) is 3.01. The molecule has 0 bridgehead atoms. The van der Waals surface area contributed by atoms with Crippen LogP contribution in [0.3, 0.4) is 0 Å². The van der Waals surface area contributed by atoms with Crippen LogP contribution in [0.25, 0.3) is 0 Å². The molecule has 1 N–H and O–H groups in total. The minimum absolute atomic E-state index is 0.0388.